The van der Waals surface area contributed by atoms with Crippen LogP contribution in [0.3, 0.4) is 0 Å². The predicted molar refractivity (Wildman–Crippen MR) is 157 cm³/mol. The molecular formula is C31H41N3O6S. The first-order valence-corrected chi connectivity index (χ1v) is 15.2. The Hall–Kier alpha value is -3.18. The number of nitrogens with zero attached hydrogens (tertiary/aromatic N) is 3. The summed E-state index contributed by atoms with van der Waals surface area (Å²) in [7, 11) is 2.77. The van der Waals surface area contributed by atoms with Gasteiger partial charge in [0.05, 0.1) is 30.2 Å². The predicted octanol–water partition coefficient (Wildman–Crippen LogP) is 4.61. The molecule has 10 heteroatoms. The van der Waals surface area contributed by atoms with Crippen molar-refractivity contribution in [3.63, 3.8) is 0 Å². The molecule has 0 bridgehead atoms. The van der Waals surface area contributed by atoms with E-state index in [0.29, 0.717) is 40.8 Å². The average molecular weight is 584 g/mol. The average Bonchev–Trinajstić information content (AvgIpc) is 3.41. The summed E-state index contributed by atoms with van der Waals surface area (Å²) in [4.78, 5) is 17.4. The van der Waals surface area contributed by atoms with Crippen molar-refractivity contribution in [2.75, 3.05) is 41.4 Å². The molecule has 0 N–H and O–H groups in total. The molecule has 1 saturated heterocycles. The summed E-state index contributed by atoms with van der Waals surface area (Å²) in [6, 6.07) is 13.3. The SMILES string of the molecule is COc1cc(C)c(S(=O)(=O)N(C)Cc2cc(C(=O)N(C)Cc3ccc(CN4CCCC(OC)C4)cc3)co2)c(C)c1. The summed E-state index contributed by atoms with van der Waals surface area (Å²) in [6.07, 6.45) is 3.95. The second kappa shape index (κ2) is 13.2. The summed E-state index contributed by atoms with van der Waals surface area (Å²) in [5.41, 5.74) is 3.84. The van der Waals surface area contributed by atoms with Gasteiger partial charge in [0, 0.05) is 40.8 Å². The first-order chi connectivity index (χ1) is 19.5. The molecule has 1 fully saturated rings. The Balaban J connectivity index is 1.35. The highest BCUT2D eigenvalue weighted by molar-refractivity contribution is 7.89. The minimum atomic E-state index is -3.80. The molecule has 1 aromatic heterocycles. The molecule has 41 heavy (non-hydrogen) atoms. The molecule has 0 radical (unpaired) electrons. The number of furan rings is 1. The van der Waals surface area contributed by atoms with Crippen LogP contribution < -0.4 is 4.74 Å². The molecule has 2 heterocycles. The molecule has 1 unspecified atom stereocenters. The van der Waals surface area contributed by atoms with E-state index in [-0.39, 0.29) is 17.3 Å². The van der Waals surface area contributed by atoms with Crippen LogP contribution in [-0.2, 0) is 34.4 Å². The van der Waals surface area contributed by atoms with Crippen LogP contribution in [0.5, 0.6) is 5.75 Å². The fourth-order valence-electron chi connectivity index (χ4n) is 5.39. The highest BCUT2D eigenvalue weighted by Gasteiger charge is 2.27. The van der Waals surface area contributed by atoms with Crippen LogP contribution in [-0.4, -0.2) is 75.9 Å². The molecule has 3 aromatic rings. The highest BCUT2D eigenvalue weighted by Crippen LogP contribution is 2.28. The van der Waals surface area contributed by atoms with E-state index in [0.717, 1.165) is 38.0 Å². The Morgan fingerprint density at radius 3 is 2.32 bits per heavy atom. The number of hydrogen-bond donors (Lipinski definition) is 0. The first kappa shape index (κ1) is 30.8. The van der Waals surface area contributed by atoms with E-state index in [1.54, 1.807) is 58.2 Å². The first-order valence-electron chi connectivity index (χ1n) is 13.8. The van der Waals surface area contributed by atoms with Crippen LogP contribution in [0.2, 0.25) is 0 Å². The summed E-state index contributed by atoms with van der Waals surface area (Å²) < 4.78 is 44.3. The topological polar surface area (TPSA) is 92.5 Å². The van der Waals surface area contributed by atoms with Gasteiger partial charge in [-0.1, -0.05) is 24.3 Å². The number of hydrogen-bond acceptors (Lipinski definition) is 7. The van der Waals surface area contributed by atoms with Gasteiger partial charge in [0.2, 0.25) is 10.0 Å². The van der Waals surface area contributed by atoms with Gasteiger partial charge in [0.1, 0.15) is 17.8 Å². The monoisotopic (exact) mass is 583 g/mol. The van der Waals surface area contributed by atoms with E-state index in [9.17, 15) is 13.2 Å². The number of ether oxygens (including phenoxy) is 2. The van der Waals surface area contributed by atoms with Crippen molar-refractivity contribution in [2.24, 2.45) is 0 Å². The maximum atomic E-state index is 13.4. The van der Waals surface area contributed by atoms with E-state index in [1.807, 2.05) is 0 Å². The molecular weight excluding hydrogens is 542 g/mol. The number of carbonyl (C=O) groups excluding carboxylic acids is 1. The molecule has 0 spiro atoms. The standard InChI is InChI=1S/C31H41N3O6S/c1-22-14-28(39-6)15-23(2)30(22)41(36,37)33(4)19-29-16-26(21-40-29)31(35)32(3)17-24-9-11-25(12-10-24)18-34-13-7-8-27(20-34)38-5/h9-12,14-16,21,27H,7-8,13,17-20H2,1-6H3. The Labute approximate surface area is 243 Å². The number of rotatable bonds is 11. The number of carbonyl (C=O) groups is 1. The maximum Gasteiger partial charge on any atom is 0.257 e. The minimum Gasteiger partial charge on any atom is -0.497 e. The van der Waals surface area contributed by atoms with Gasteiger partial charge in [0.25, 0.3) is 5.91 Å². The number of methoxy groups -OCH3 is 2. The van der Waals surface area contributed by atoms with Gasteiger partial charge < -0.3 is 18.8 Å². The van der Waals surface area contributed by atoms with E-state index in [1.165, 1.54) is 23.2 Å². The van der Waals surface area contributed by atoms with Gasteiger partial charge in [-0.25, -0.2) is 8.42 Å². The molecule has 9 nitrogen and oxygen atoms in total. The van der Waals surface area contributed by atoms with Gasteiger partial charge in [0.15, 0.2) is 0 Å². The summed E-state index contributed by atoms with van der Waals surface area (Å²) in [6.45, 7) is 6.84. The van der Waals surface area contributed by atoms with Crippen molar-refractivity contribution < 1.29 is 27.1 Å². The van der Waals surface area contributed by atoms with Crippen molar-refractivity contribution in [2.45, 2.75) is 57.3 Å². The molecule has 1 atom stereocenters. The lowest BCUT2D eigenvalue weighted by Gasteiger charge is -2.31. The summed E-state index contributed by atoms with van der Waals surface area (Å²) in [5.74, 6) is 0.790. The quantitative estimate of drug-likeness (QED) is 0.326. The van der Waals surface area contributed by atoms with E-state index < -0.39 is 10.0 Å². The van der Waals surface area contributed by atoms with E-state index >= 15 is 0 Å². The molecule has 2 aromatic carbocycles. The van der Waals surface area contributed by atoms with Crippen molar-refractivity contribution in [1.29, 1.82) is 0 Å². The highest BCUT2D eigenvalue weighted by atomic mass is 32.2. The zero-order chi connectivity index (χ0) is 29.7. The lowest BCUT2D eigenvalue weighted by molar-refractivity contribution is 0.0285. The number of sulfonamides is 1. The third kappa shape index (κ3) is 7.37. The Morgan fingerprint density at radius 1 is 1.02 bits per heavy atom. The normalized spacial score (nSPS) is 16.2. The van der Waals surface area contributed by atoms with Crippen LogP contribution in [0, 0.1) is 13.8 Å². The van der Waals surface area contributed by atoms with Gasteiger partial charge >= 0.3 is 0 Å². The molecule has 1 aliphatic rings. The third-order valence-corrected chi connectivity index (χ3v) is 9.72. The Morgan fingerprint density at radius 2 is 1.68 bits per heavy atom. The zero-order valence-corrected chi connectivity index (χ0v) is 25.7. The fourth-order valence-corrected chi connectivity index (χ4v) is 6.94. The molecule has 222 valence electrons. The van der Waals surface area contributed by atoms with E-state index in [4.69, 9.17) is 13.9 Å². The Bertz CT molecular complexity index is 1430. The lowest BCUT2D eigenvalue weighted by atomic mass is 10.1. The number of amides is 1. The van der Waals surface area contributed by atoms with Crippen LogP contribution in [0.15, 0.2) is 58.0 Å². The summed E-state index contributed by atoms with van der Waals surface area (Å²) >= 11 is 0. The molecule has 0 saturated carbocycles. The van der Waals surface area contributed by atoms with Gasteiger partial charge in [-0.2, -0.15) is 4.31 Å². The number of likely N-dealkylation sites (tertiary alicyclic amines) is 1. The number of benzene rings is 2. The summed E-state index contributed by atoms with van der Waals surface area (Å²) in [5, 5.41) is 0. The second-order valence-electron chi connectivity index (χ2n) is 10.9. The molecule has 0 aliphatic carbocycles. The van der Waals surface area contributed by atoms with Crippen LogP contribution in [0.1, 0.15) is 51.2 Å². The van der Waals surface area contributed by atoms with Crippen molar-refractivity contribution in [3.05, 3.63) is 82.3 Å². The van der Waals surface area contributed by atoms with Gasteiger partial charge in [-0.05, 0) is 73.7 Å². The van der Waals surface area contributed by atoms with Gasteiger partial charge in [-0.3, -0.25) is 9.69 Å². The number of aryl methyl sites for hydroxylation is 2. The second-order valence-corrected chi connectivity index (χ2v) is 12.8. The zero-order valence-electron chi connectivity index (χ0n) is 24.8. The third-order valence-electron chi connectivity index (χ3n) is 7.61. The van der Waals surface area contributed by atoms with Crippen molar-refractivity contribution >= 4 is 15.9 Å². The largest absolute Gasteiger partial charge is 0.497 e. The van der Waals surface area contributed by atoms with Crippen molar-refractivity contribution in [3.8, 4) is 5.75 Å². The van der Waals surface area contributed by atoms with Crippen molar-refractivity contribution in [1.82, 2.24) is 14.1 Å². The van der Waals surface area contributed by atoms with Crippen LogP contribution >= 0.6 is 0 Å². The van der Waals surface area contributed by atoms with Crippen LogP contribution in [0.25, 0.3) is 0 Å². The Kier molecular flexibility index (Phi) is 9.91. The molecule has 1 aliphatic heterocycles. The minimum absolute atomic E-state index is 0.00611. The maximum absolute atomic E-state index is 13.4. The van der Waals surface area contributed by atoms with Crippen LogP contribution in [0.4, 0.5) is 0 Å². The van der Waals surface area contributed by atoms with Gasteiger partial charge in [-0.15, -0.1) is 0 Å². The smallest absolute Gasteiger partial charge is 0.257 e. The lowest BCUT2D eigenvalue weighted by Crippen LogP contribution is -2.38. The molecule has 1 amide bonds. The fraction of sp³-hybridized carbons (Fsp3) is 0.452. The molecule has 4 rings (SSSR count). The number of piperidine rings is 1. The van der Waals surface area contributed by atoms with E-state index in [2.05, 4.69) is 29.2 Å².